The summed E-state index contributed by atoms with van der Waals surface area (Å²) in [5, 5.41) is 9.56. The molecule has 1 saturated carbocycles. The van der Waals surface area contributed by atoms with Gasteiger partial charge in [0.05, 0.1) is 6.61 Å². The number of aliphatic hydroxyl groups is 1. The fourth-order valence-electron chi connectivity index (χ4n) is 3.10. The molecule has 0 heterocycles. The van der Waals surface area contributed by atoms with Crippen LogP contribution in [0.2, 0.25) is 0 Å². The second-order valence-corrected chi connectivity index (χ2v) is 6.20. The van der Waals surface area contributed by atoms with Gasteiger partial charge in [0.2, 0.25) is 0 Å². The summed E-state index contributed by atoms with van der Waals surface area (Å²) >= 11 is 0. The summed E-state index contributed by atoms with van der Waals surface area (Å²) < 4.78 is 0. The van der Waals surface area contributed by atoms with Crippen molar-refractivity contribution in [2.75, 3.05) is 6.61 Å². The molecule has 1 heteroatoms. The molecular weight excluding hydrogens is 256 g/mol. The van der Waals surface area contributed by atoms with E-state index >= 15 is 0 Å². The zero-order valence-corrected chi connectivity index (χ0v) is 13.2. The average molecular weight is 284 g/mol. The van der Waals surface area contributed by atoms with Gasteiger partial charge in [0.15, 0.2) is 0 Å². The Morgan fingerprint density at radius 3 is 2.48 bits per heavy atom. The number of allylic oxidation sites excluding steroid dienone is 4. The van der Waals surface area contributed by atoms with Gasteiger partial charge in [-0.15, -0.1) is 0 Å². The highest BCUT2D eigenvalue weighted by atomic mass is 16.3. The summed E-state index contributed by atoms with van der Waals surface area (Å²) in [4.78, 5) is 0. The van der Waals surface area contributed by atoms with Crippen molar-refractivity contribution in [3.8, 4) is 0 Å². The van der Waals surface area contributed by atoms with Crippen LogP contribution in [-0.2, 0) is 0 Å². The molecule has 2 atom stereocenters. The second-order valence-electron chi connectivity index (χ2n) is 6.20. The SMILES string of the molecule is C[C@@H](C=C1CCCCC1)/C=C/C[C@H](CO)c1ccccc1. The highest BCUT2D eigenvalue weighted by molar-refractivity contribution is 5.20. The number of aliphatic hydroxyl groups excluding tert-OH is 1. The van der Waals surface area contributed by atoms with Crippen LogP contribution in [0.5, 0.6) is 0 Å². The molecule has 0 aromatic heterocycles. The molecule has 0 aliphatic heterocycles. The molecule has 0 unspecified atom stereocenters. The topological polar surface area (TPSA) is 20.2 Å². The quantitative estimate of drug-likeness (QED) is 0.709. The third kappa shape index (κ3) is 5.51. The van der Waals surface area contributed by atoms with Crippen LogP contribution in [-0.4, -0.2) is 11.7 Å². The van der Waals surface area contributed by atoms with E-state index in [0.29, 0.717) is 5.92 Å². The second kappa shape index (κ2) is 8.84. The van der Waals surface area contributed by atoms with Crippen molar-refractivity contribution in [1.82, 2.24) is 0 Å². The van der Waals surface area contributed by atoms with Crippen LogP contribution >= 0.6 is 0 Å². The molecule has 0 saturated heterocycles. The Hall–Kier alpha value is -1.34. The zero-order chi connectivity index (χ0) is 14.9. The first kappa shape index (κ1) is 16.0. The van der Waals surface area contributed by atoms with Crippen LogP contribution in [0.4, 0.5) is 0 Å². The molecular formula is C20H28O. The van der Waals surface area contributed by atoms with Crippen LogP contribution in [0.1, 0.15) is 56.9 Å². The van der Waals surface area contributed by atoms with Crippen LogP contribution < -0.4 is 0 Å². The van der Waals surface area contributed by atoms with Crippen molar-refractivity contribution in [2.24, 2.45) is 5.92 Å². The largest absolute Gasteiger partial charge is 0.396 e. The predicted octanol–water partition coefficient (Wildman–Crippen LogP) is 5.24. The smallest absolute Gasteiger partial charge is 0.0502 e. The third-order valence-electron chi connectivity index (χ3n) is 4.35. The Balaban J connectivity index is 1.85. The van der Waals surface area contributed by atoms with Gasteiger partial charge in [-0.05, 0) is 43.6 Å². The van der Waals surface area contributed by atoms with Crippen molar-refractivity contribution >= 4 is 0 Å². The Labute approximate surface area is 129 Å². The fraction of sp³-hybridized carbons (Fsp3) is 0.500. The molecule has 1 nitrogen and oxygen atoms in total. The molecule has 1 aromatic rings. The van der Waals surface area contributed by atoms with Gasteiger partial charge in [-0.2, -0.15) is 0 Å². The number of benzene rings is 1. The predicted molar refractivity (Wildman–Crippen MR) is 90.4 cm³/mol. The van der Waals surface area contributed by atoms with Gasteiger partial charge in [0.25, 0.3) is 0 Å². The molecule has 0 radical (unpaired) electrons. The van der Waals surface area contributed by atoms with Gasteiger partial charge in [-0.1, -0.05) is 67.5 Å². The first-order valence-electron chi connectivity index (χ1n) is 8.31. The first-order valence-corrected chi connectivity index (χ1v) is 8.31. The third-order valence-corrected chi connectivity index (χ3v) is 4.35. The number of hydrogen-bond acceptors (Lipinski definition) is 1. The molecule has 1 N–H and O–H groups in total. The van der Waals surface area contributed by atoms with E-state index in [0.717, 1.165) is 6.42 Å². The van der Waals surface area contributed by atoms with Crippen LogP contribution in [0.15, 0.2) is 54.1 Å². The highest BCUT2D eigenvalue weighted by Crippen LogP contribution is 2.25. The molecule has 21 heavy (non-hydrogen) atoms. The lowest BCUT2D eigenvalue weighted by Gasteiger charge is -2.15. The minimum Gasteiger partial charge on any atom is -0.396 e. The zero-order valence-electron chi connectivity index (χ0n) is 13.2. The van der Waals surface area contributed by atoms with Crippen molar-refractivity contribution < 1.29 is 5.11 Å². The van der Waals surface area contributed by atoms with E-state index in [4.69, 9.17) is 0 Å². The van der Waals surface area contributed by atoms with Gasteiger partial charge < -0.3 is 5.11 Å². The molecule has 1 aliphatic carbocycles. The lowest BCUT2D eigenvalue weighted by atomic mass is 9.91. The fourth-order valence-corrected chi connectivity index (χ4v) is 3.10. The Bertz CT molecular complexity index is 450. The van der Waals surface area contributed by atoms with E-state index in [1.807, 2.05) is 18.2 Å². The monoisotopic (exact) mass is 284 g/mol. The molecule has 0 bridgehead atoms. The first-order chi connectivity index (χ1) is 10.3. The maximum absolute atomic E-state index is 9.56. The summed E-state index contributed by atoms with van der Waals surface area (Å²) in [6.07, 6.45) is 14.6. The molecule has 2 rings (SSSR count). The lowest BCUT2D eigenvalue weighted by molar-refractivity contribution is 0.266. The summed E-state index contributed by atoms with van der Waals surface area (Å²) in [6.45, 7) is 2.47. The molecule has 1 aromatic carbocycles. The Morgan fingerprint density at radius 2 is 1.81 bits per heavy atom. The minimum absolute atomic E-state index is 0.212. The lowest BCUT2D eigenvalue weighted by Crippen LogP contribution is -2.02. The van der Waals surface area contributed by atoms with E-state index in [1.165, 1.54) is 37.7 Å². The van der Waals surface area contributed by atoms with E-state index in [9.17, 15) is 5.11 Å². The normalized spacial score (nSPS) is 18.7. The van der Waals surface area contributed by atoms with E-state index in [-0.39, 0.29) is 12.5 Å². The van der Waals surface area contributed by atoms with Crippen molar-refractivity contribution in [1.29, 1.82) is 0 Å². The number of rotatable bonds is 6. The van der Waals surface area contributed by atoms with E-state index in [1.54, 1.807) is 5.57 Å². The van der Waals surface area contributed by atoms with Crippen LogP contribution in [0.25, 0.3) is 0 Å². The highest BCUT2D eigenvalue weighted by Gasteiger charge is 2.08. The minimum atomic E-state index is 0.212. The van der Waals surface area contributed by atoms with Crippen LogP contribution in [0, 0.1) is 5.92 Å². The number of hydrogen-bond donors (Lipinski definition) is 1. The summed E-state index contributed by atoms with van der Waals surface area (Å²) in [7, 11) is 0. The van der Waals surface area contributed by atoms with Crippen LogP contribution in [0.3, 0.4) is 0 Å². The van der Waals surface area contributed by atoms with Crippen molar-refractivity contribution in [3.05, 3.63) is 59.7 Å². The van der Waals surface area contributed by atoms with Crippen molar-refractivity contribution in [3.63, 3.8) is 0 Å². The molecule has 0 amide bonds. The summed E-state index contributed by atoms with van der Waals surface area (Å²) in [5.74, 6) is 0.727. The van der Waals surface area contributed by atoms with E-state index in [2.05, 4.69) is 37.3 Å². The molecule has 1 fully saturated rings. The average Bonchev–Trinajstić information content (AvgIpc) is 2.53. The maximum atomic E-state index is 9.56. The molecule has 114 valence electrons. The van der Waals surface area contributed by atoms with Gasteiger partial charge in [-0.3, -0.25) is 0 Å². The maximum Gasteiger partial charge on any atom is 0.0502 e. The Kier molecular flexibility index (Phi) is 6.75. The van der Waals surface area contributed by atoms with Gasteiger partial charge in [-0.25, -0.2) is 0 Å². The van der Waals surface area contributed by atoms with Crippen molar-refractivity contribution in [2.45, 2.75) is 51.4 Å². The molecule has 0 spiro atoms. The Morgan fingerprint density at radius 1 is 1.10 bits per heavy atom. The molecule has 1 aliphatic rings. The van der Waals surface area contributed by atoms with E-state index < -0.39 is 0 Å². The standard InChI is InChI=1S/C20H28O/c1-17(15-18-10-4-2-5-11-18)9-8-14-20(16-21)19-12-6-3-7-13-19/h3,6-9,12-13,15,17,20-21H,2,4-5,10-11,14,16H2,1H3/b9-8+/t17-,20-/m1/s1. The summed E-state index contributed by atoms with van der Waals surface area (Å²) in [6, 6.07) is 10.3. The van der Waals surface area contributed by atoms with Gasteiger partial charge >= 0.3 is 0 Å². The van der Waals surface area contributed by atoms with Gasteiger partial charge in [0, 0.05) is 5.92 Å². The van der Waals surface area contributed by atoms with Gasteiger partial charge in [0.1, 0.15) is 0 Å². The summed E-state index contributed by atoms with van der Waals surface area (Å²) in [5.41, 5.74) is 2.86.